The highest BCUT2D eigenvalue weighted by Gasteiger charge is 2.49. The van der Waals surface area contributed by atoms with E-state index in [0.29, 0.717) is 13.0 Å². The van der Waals surface area contributed by atoms with Crippen molar-refractivity contribution >= 4 is 24.8 Å². The first-order valence-electron chi connectivity index (χ1n) is 13.2. The molecule has 1 aliphatic heterocycles. The Kier molecular flexibility index (Phi) is 9.44. The summed E-state index contributed by atoms with van der Waals surface area (Å²) in [6, 6.07) is 21.7. The van der Waals surface area contributed by atoms with Crippen LogP contribution in [0.4, 0.5) is 4.79 Å². The van der Waals surface area contributed by atoms with E-state index < -0.39 is 13.9 Å². The molecule has 0 saturated carbocycles. The number of ether oxygens (including phenoxy) is 1. The monoisotopic (exact) mass is 505 g/mol. The van der Waals surface area contributed by atoms with E-state index >= 15 is 0 Å². The first-order valence-corrected chi connectivity index (χ1v) is 15.2. The van der Waals surface area contributed by atoms with E-state index in [1.165, 1.54) is 10.4 Å². The highest BCUT2D eigenvalue weighted by Crippen LogP contribution is 2.36. The number of likely N-dealkylation sites (tertiary alicyclic amines) is 1. The normalized spacial score (nSPS) is 16.4. The molecule has 194 valence electrons. The molecule has 1 unspecified atom stereocenters. The van der Waals surface area contributed by atoms with Crippen LogP contribution in [-0.2, 0) is 9.16 Å². The molecule has 3 rings (SSSR count). The Bertz CT molecular complexity index is 989. The molecule has 1 atom stereocenters. The topological polar surface area (TPSA) is 38.8 Å². The van der Waals surface area contributed by atoms with Crippen LogP contribution in [0.1, 0.15) is 73.6 Å². The van der Waals surface area contributed by atoms with Crippen molar-refractivity contribution in [3.8, 4) is 11.8 Å². The lowest BCUT2D eigenvalue weighted by molar-refractivity contribution is 0.0230. The zero-order valence-electron chi connectivity index (χ0n) is 23.0. The third-order valence-electron chi connectivity index (χ3n) is 6.65. The molecule has 0 aliphatic carbocycles. The summed E-state index contributed by atoms with van der Waals surface area (Å²) in [7, 11) is -2.49. The SMILES string of the molecule is CC(C)(C)OC(=O)N1CCCC1CC#CCCCO[Si](c1ccccc1)(c1ccccc1)C(C)(C)C. The van der Waals surface area contributed by atoms with Crippen LogP contribution in [0.3, 0.4) is 0 Å². The fraction of sp³-hybridized carbons (Fsp3) is 0.516. The maximum absolute atomic E-state index is 12.5. The van der Waals surface area contributed by atoms with Gasteiger partial charge in [0, 0.05) is 32.0 Å². The van der Waals surface area contributed by atoms with Crippen LogP contribution >= 0.6 is 0 Å². The summed E-state index contributed by atoms with van der Waals surface area (Å²) < 4.78 is 12.5. The van der Waals surface area contributed by atoms with Gasteiger partial charge >= 0.3 is 6.09 Å². The van der Waals surface area contributed by atoms with Gasteiger partial charge in [0.25, 0.3) is 8.32 Å². The summed E-state index contributed by atoms with van der Waals surface area (Å²) in [5.74, 6) is 6.65. The number of carbonyl (C=O) groups excluding carboxylic acids is 1. The fourth-order valence-electron chi connectivity index (χ4n) is 5.03. The lowest BCUT2D eigenvalue weighted by Crippen LogP contribution is -2.66. The number of unbranched alkanes of at least 4 members (excludes halogenated alkanes) is 1. The Hall–Kier alpha value is -2.55. The second-order valence-corrected chi connectivity index (χ2v) is 15.9. The van der Waals surface area contributed by atoms with Gasteiger partial charge in [-0.25, -0.2) is 4.79 Å². The molecule has 2 aromatic carbocycles. The number of nitrogens with zero attached hydrogens (tertiary/aromatic N) is 1. The van der Waals surface area contributed by atoms with Gasteiger partial charge in [-0.1, -0.05) is 81.4 Å². The van der Waals surface area contributed by atoms with Gasteiger partial charge < -0.3 is 14.1 Å². The first-order chi connectivity index (χ1) is 17.0. The third-order valence-corrected chi connectivity index (χ3v) is 11.7. The average Bonchev–Trinajstić information content (AvgIpc) is 3.29. The molecule has 1 heterocycles. The van der Waals surface area contributed by atoms with E-state index in [1.54, 1.807) is 0 Å². The zero-order chi connectivity index (χ0) is 26.2. The molecule has 0 N–H and O–H groups in total. The summed E-state index contributed by atoms with van der Waals surface area (Å²) in [5.41, 5.74) is -0.471. The van der Waals surface area contributed by atoms with Gasteiger partial charge in [-0.15, -0.1) is 11.8 Å². The Morgan fingerprint density at radius 3 is 2.06 bits per heavy atom. The Balaban J connectivity index is 1.61. The Morgan fingerprint density at radius 2 is 1.53 bits per heavy atom. The summed E-state index contributed by atoms with van der Waals surface area (Å²) in [5, 5.41) is 2.59. The molecule has 5 heteroatoms. The molecular formula is C31H43NO3Si. The summed E-state index contributed by atoms with van der Waals surface area (Å²) in [6.45, 7) is 14.1. The molecule has 1 fully saturated rings. The van der Waals surface area contributed by atoms with Crippen LogP contribution in [-0.4, -0.2) is 44.1 Å². The van der Waals surface area contributed by atoms with E-state index in [2.05, 4.69) is 93.3 Å². The molecule has 1 amide bonds. The number of amides is 1. The zero-order valence-corrected chi connectivity index (χ0v) is 24.0. The minimum atomic E-state index is -2.49. The molecule has 0 aromatic heterocycles. The van der Waals surface area contributed by atoms with Crippen molar-refractivity contribution in [2.75, 3.05) is 13.2 Å². The highest BCUT2D eigenvalue weighted by molar-refractivity contribution is 6.99. The Labute approximate surface area is 219 Å². The van der Waals surface area contributed by atoms with Crippen LogP contribution in [0.25, 0.3) is 0 Å². The third kappa shape index (κ3) is 7.02. The smallest absolute Gasteiger partial charge is 0.410 e. The predicted molar refractivity (Wildman–Crippen MR) is 151 cm³/mol. The van der Waals surface area contributed by atoms with Gasteiger partial charge in [-0.3, -0.25) is 0 Å². The quantitative estimate of drug-likeness (QED) is 0.258. The predicted octanol–water partition coefficient (Wildman–Crippen LogP) is 6.14. The van der Waals surface area contributed by atoms with Gasteiger partial charge in [0.05, 0.1) is 0 Å². The van der Waals surface area contributed by atoms with Crippen molar-refractivity contribution in [3.63, 3.8) is 0 Å². The molecule has 0 radical (unpaired) electrons. The average molecular weight is 506 g/mol. The molecule has 36 heavy (non-hydrogen) atoms. The summed E-state index contributed by atoms with van der Waals surface area (Å²) in [4.78, 5) is 14.4. The number of carbonyl (C=O) groups is 1. The van der Waals surface area contributed by atoms with Crippen LogP contribution in [0, 0.1) is 11.8 Å². The summed E-state index contributed by atoms with van der Waals surface area (Å²) >= 11 is 0. The van der Waals surface area contributed by atoms with Gasteiger partial charge in [0.1, 0.15) is 5.60 Å². The van der Waals surface area contributed by atoms with Crippen LogP contribution in [0.2, 0.25) is 5.04 Å². The highest BCUT2D eigenvalue weighted by atomic mass is 28.4. The van der Waals surface area contributed by atoms with Crippen molar-refractivity contribution in [3.05, 3.63) is 60.7 Å². The maximum atomic E-state index is 12.5. The fourth-order valence-corrected chi connectivity index (χ4v) is 9.64. The standard InChI is InChI=1S/C31H43NO3Si/c1-30(2,3)35-29(33)32-24-17-19-26(32)18-11-7-8-16-25-34-36(31(4,5)6,27-20-12-9-13-21-27)28-22-14-10-15-23-28/h9-10,12-15,20-23,26H,8,16-19,24-25H2,1-6H3. The van der Waals surface area contributed by atoms with Crippen LogP contribution in [0.15, 0.2) is 60.7 Å². The van der Waals surface area contributed by atoms with Crippen LogP contribution < -0.4 is 10.4 Å². The van der Waals surface area contributed by atoms with Crippen molar-refractivity contribution in [1.82, 2.24) is 4.90 Å². The number of benzene rings is 2. The molecule has 1 saturated heterocycles. The number of rotatable bonds is 7. The maximum Gasteiger partial charge on any atom is 0.410 e. The van der Waals surface area contributed by atoms with Gasteiger partial charge in [0.15, 0.2) is 0 Å². The van der Waals surface area contributed by atoms with Gasteiger partial charge in [-0.2, -0.15) is 0 Å². The molecule has 1 aliphatic rings. The number of hydrogen-bond acceptors (Lipinski definition) is 3. The van der Waals surface area contributed by atoms with E-state index in [0.717, 1.165) is 32.2 Å². The van der Waals surface area contributed by atoms with E-state index in [4.69, 9.17) is 9.16 Å². The molecular weight excluding hydrogens is 462 g/mol. The number of hydrogen-bond donors (Lipinski definition) is 0. The lowest BCUT2D eigenvalue weighted by atomic mass is 10.1. The molecule has 0 bridgehead atoms. The van der Waals surface area contributed by atoms with Crippen molar-refractivity contribution < 1.29 is 14.0 Å². The van der Waals surface area contributed by atoms with Gasteiger partial charge in [-0.05, 0) is 55.4 Å². The van der Waals surface area contributed by atoms with Crippen molar-refractivity contribution in [2.24, 2.45) is 0 Å². The first kappa shape index (κ1) is 28.0. The Morgan fingerprint density at radius 1 is 0.944 bits per heavy atom. The summed E-state index contributed by atoms with van der Waals surface area (Å²) in [6.07, 6.45) is 4.16. The second-order valence-electron chi connectivity index (χ2n) is 11.6. The van der Waals surface area contributed by atoms with Crippen LogP contribution in [0.5, 0.6) is 0 Å². The lowest BCUT2D eigenvalue weighted by Gasteiger charge is -2.43. The van der Waals surface area contributed by atoms with Gasteiger partial charge in [0.2, 0.25) is 0 Å². The molecule has 0 spiro atoms. The van der Waals surface area contributed by atoms with E-state index in [-0.39, 0.29) is 17.2 Å². The minimum Gasteiger partial charge on any atom is -0.444 e. The molecule has 4 nitrogen and oxygen atoms in total. The largest absolute Gasteiger partial charge is 0.444 e. The second kappa shape index (κ2) is 12.1. The van der Waals surface area contributed by atoms with E-state index in [9.17, 15) is 4.79 Å². The van der Waals surface area contributed by atoms with Crippen molar-refractivity contribution in [2.45, 2.75) is 90.3 Å². The van der Waals surface area contributed by atoms with Crippen molar-refractivity contribution in [1.29, 1.82) is 0 Å². The van der Waals surface area contributed by atoms with E-state index in [1.807, 2.05) is 25.7 Å². The minimum absolute atomic E-state index is 0.0189. The molecule has 2 aromatic rings.